The molecule has 1 aromatic carbocycles. The van der Waals surface area contributed by atoms with Crippen molar-refractivity contribution in [2.45, 2.75) is 26.7 Å². The number of hydrogen-bond acceptors (Lipinski definition) is 3. The van der Waals surface area contributed by atoms with Gasteiger partial charge in [-0.3, -0.25) is 9.59 Å². The zero-order chi connectivity index (χ0) is 15.5. The molecule has 114 valence electrons. The molecule has 0 bridgehead atoms. The maximum Gasteiger partial charge on any atom is 0.240 e. The van der Waals surface area contributed by atoms with Crippen molar-refractivity contribution in [2.24, 2.45) is 5.41 Å². The monoisotopic (exact) mass is 290 g/mol. The molecule has 0 aromatic heterocycles. The van der Waals surface area contributed by atoms with Crippen LogP contribution < -0.4 is 10.6 Å². The molecule has 0 saturated heterocycles. The molecule has 1 fully saturated rings. The molecule has 1 aliphatic rings. The summed E-state index contributed by atoms with van der Waals surface area (Å²) in [5.74, 6) is -0.423. The lowest BCUT2D eigenvalue weighted by Gasteiger charge is -2.16. The number of anilines is 1. The summed E-state index contributed by atoms with van der Waals surface area (Å²) in [6.07, 6.45) is 1.20. The molecule has 1 aromatic rings. The summed E-state index contributed by atoms with van der Waals surface area (Å²) in [7, 11) is 1.58. The lowest BCUT2D eigenvalue weighted by atomic mass is 10.0. The van der Waals surface area contributed by atoms with Gasteiger partial charge in [0.2, 0.25) is 11.8 Å². The van der Waals surface area contributed by atoms with E-state index in [1.165, 1.54) is 0 Å². The maximum atomic E-state index is 12.4. The van der Waals surface area contributed by atoms with Crippen LogP contribution in [0.15, 0.2) is 18.2 Å². The van der Waals surface area contributed by atoms with Crippen LogP contribution in [0, 0.1) is 19.3 Å². The van der Waals surface area contributed by atoms with Gasteiger partial charge in [0.1, 0.15) is 5.41 Å². The van der Waals surface area contributed by atoms with Crippen molar-refractivity contribution >= 4 is 17.5 Å². The lowest BCUT2D eigenvalue weighted by Crippen LogP contribution is -2.41. The van der Waals surface area contributed by atoms with Crippen LogP contribution in [0.3, 0.4) is 0 Å². The van der Waals surface area contributed by atoms with Crippen molar-refractivity contribution in [2.75, 3.05) is 25.6 Å². The fraction of sp³-hybridized carbons (Fsp3) is 0.500. The van der Waals surface area contributed by atoms with Gasteiger partial charge in [-0.05, 0) is 43.9 Å². The molecule has 5 heteroatoms. The van der Waals surface area contributed by atoms with Crippen LogP contribution in [0.4, 0.5) is 5.69 Å². The average Bonchev–Trinajstić information content (AvgIpc) is 3.24. The van der Waals surface area contributed by atoms with Gasteiger partial charge in [-0.15, -0.1) is 0 Å². The van der Waals surface area contributed by atoms with Crippen molar-refractivity contribution in [1.29, 1.82) is 0 Å². The number of hydrogen-bond donors (Lipinski definition) is 2. The van der Waals surface area contributed by atoms with E-state index in [0.29, 0.717) is 26.0 Å². The van der Waals surface area contributed by atoms with Gasteiger partial charge >= 0.3 is 0 Å². The third-order valence-corrected chi connectivity index (χ3v) is 3.85. The van der Waals surface area contributed by atoms with Crippen LogP contribution in [0.2, 0.25) is 0 Å². The Labute approximate surface area is 125 Å². The molecule has 0 spiro atoms. The fourth-order valence-corrected chi connectivity index (χ4v) is 2.23. The van der Waals surface area contributed by atoms with E-state index in [-0.39, 0.29) is 11.8 Å². The Morgan fingerprint density at radius 1 is 1.24 bits per heavy atom. The van der Waals surface area contributed by atoms with Crippen LogP contribution in [0.25, 0.3) is 0 Å². The number of ether oxygens (including phenoxy) is 1. The molecule has 2 rings (SSSR count). The van der Waals surface area contributed by atoms with E-state index in [1.807, 2.05) is 32.0 Å². The van der Waals surface area contributed by atoms with Gasteiger partial charge in [-0.2, -0.15) is 0 Å². The van der Waals surface area contributed by atoms with Crippen LogP contribution in [-0.4, -0.2) is 32.1 Å². The maximum absolute atomic E-state index is 12.4. The van der Waals surface area contributed by atoms with Crippen LogP contribution in [0.5, 0.6) is 0 Å². The van der Waals surface area contributed by atoms with Crippen LogP contribution in [-0.2, 0) is 14.3 Å². The number of rotatable bonds is 6. The summed E-state index contributed by atoms with van der Waals surface area (Å²) in [6, 6.07) is 5.88. The Balaban J connectivity index is 2.02. The Morgan fingerprint density at radius 3 is 2.57 bits per heavy atom. The standard InChI is InChI=1S/C16H22N2O3/c1-11-4-5-12(2)13(10-11)18-15(20)16(6-7-16)14(19)17-8-9-21-3/h4-5,10H,6-9H2,1-3H3,(H,17,19)(H,18,20). The second-order valence-electron chi connectivity index (χ2n) is 5.60. The van der Waals surface area contributed by atoms with Crippen molar-refractivity contribution < 1.29 is 14.3 Å². The number of methoxy groups -OCH3 is 1. The van der Waals surface area contributed by atoms with Gasteiger partial charge in [-0.25, -0.2) is 0 Å². The summed E-state index contributed by atoms with van der Waals surface area (Å²) in [5.41, 5.74) is 1.94. The largest absolute Gasteiger partial charge is 0.383 e. The summed E-state index contributed by atoms with van der Waals surface area (Å²) < 4.78 is 4.90. The minimum atomic E-state index is -0.899. The minimum Gasteiger partial charge on any atom is -0.383 e. The molecule has 5 nitrogen and oxygen atoms in total. The van der Waals surface area contributed by atoms with Crippen LogP contribution in [0.1, 0.15) is 24.0 Å². The van der Waals surface area contributed by atoms with Gasteiger partial charge in [-0.1, -0.05) is 12.1 Å². The van der Waals surface area contributed by atoms with Crippen molar-refractivity contribution in [3.63, 3.8) is 0 Å². The Morgan fingerprint density at radius 2 is 1.95 bits per heavy atom. The van der Waals surface area contributed by atoms with Gasteiger partial charge in [0.15, 0.2) is 0 Å². The molecular formula is C16H22N2O3. The van der Waals surface area contributed by atoms with Crippen molar-refractivity contribution in [3.8, 4) is 0 Å². The van der Waals surface area contributed by atoms with Crippen molar-refractivity contribution in [3.05, 3.63) is 29.3 Å². The highest BCUT2D eigenvalue weighted by molar-refractivity contribution is 6.13. The molecule has 2 amide bonds. The summed E-state index contributed by atoms with van der Waals surface area (Å²) in [5, 5.41) is 5.65. The normalized spacial score (nSPS) is 15.4. The van der Waals surface area contributed by atoms with Gasteiger partial charge < -0.3 is 15.4 Å². The fourth-order valence-electron chi connectivity index (χ4n) is 2.23. The number of nitrogens with one attached hydrogen (secondary N) is 2. The van der Waals surface area contributed by atoms with E-state index in [9.17, 15) is 9.59 Å². The zero-order valence-corrected chi connectivity index (χ0v) is 12.8. The number of benzene rings is 1. The van der Waals surface area contributed by atoms with E-state index < -0.39 is 5.41 Å². The third kappa shape index (κ3) is 3.42. The van der Waals surface area contributed by atoms with E-state index in [4.69, 9.17) is 4.74 Å². The molecule has 0 radical (unpaired) electrons. The summed E-state index contributed by atoms with van der Waals surface area (Å²) in [6.45, 7) is 4.78. The second-order valence-corrected chi connectivity index (χ2v) is 5.60. The van der Waals surface area contributed by atoms with E-state index in [2.05, 4.69) is 10.6 Å². The number of amides is 2. The SMILES string of the molecule is COCCNC(=O)C1(C(=O)Nc2cc(C)ccc2C)CC1. The van der Waals surface area contributed by atoms with Gasteiger partial charge in [0.25, 0.3) is 0 Å². The first-order chi connectivity index (χ1) is 9.99. The molecule has 2 N–H and O–H groups in total. The molecule has 0 unspecified atom stereocenters. The summed E-state index contributed by atoms with van der Waals surface area (Å²) >= 11 is 0. The number of carbonyl (C=O) groups excluding carboxylic acids is 2. The lowest BCUT2D eigenvalue weighted by molar-refractivity contribution is -0.134. The minimum absolute atomic E-state index is 0.206. The zero-order valence-electron chi connectivity index (χ0n) is 12.8. The third-order valence-electron chi connectivity index (χ3n) is 3.85. The Bertz CT molecular complexity index is 550. The smallest absolute Gasteiger partial charge is 0.240 e. The summed E-state index contributed by atoms with van der Waals surface area (Å²) in [4.78, 5) is 24.6. The quantitative estimate of drug-likeness (QED) is 0.620. The molecule has 0 atom stereocenters. The predicted molar refractivity (Wildman–Crippen MR) is 81.1 cm³/mol. The first-order valence-corrected chi connectivity index (χ1v) is 7.15. The van der Waals surface area contributed by atoms with E-state index in [0.717, 1.165) is 16.8 Å². The number of carbonyl (C=O) groups is 2. The van der Waals surface area contributed by atoms with Gasteiger partial charge in [0.05, 0.1) is 6.61 Å². The highest BCUT2D eigenvalue weighted by atomic mass is 16.5. The van der Waals surface area contributed by atoms with Crippen molar-refractivity contribution in [1.82, 2.24) is 5.32 Å². The molecule has 21 heavy (non-hydrogen) atoms. The number of aryl methyl sites for hydroxylation is 2. The average molecular weight is 290 g/mol. The first kappa shape index (κ1) is 15.5. The van der Waals surface area contributed by atoms with Gasteiger partial charge in [0, 0.05) is 19.3 Å². The Hall–Kier alpha value is -1.88. The molecule has 1 saturated carbocycles. The molecule has 0 aliphatic heterocycles. The molecule has 0 heterocycles. The van der Waals surface area contributed by atoms with E-state index in [1.54, 1.807) is 7.11 Å². The molecular weight excluding hydrogens is 268 g/mol. The Kier molecular flexibility index (Phi) is 4.63. The molecule has 1 aliphatic carbocycles. The van der Waals surface area contributed by atoms with Crippen LogP contribution >= 0.6 is 0 Å². The highest BCUT2D eigenvalue weighted by Crippen LogP contribution is 2.47. The predicted octanol–water partition coefficient (Wildman–Crippen LogP) is 1.78. The first-order valence-electron chi connectivity index (χ1n) is 7.15. The highest BCUT2D eigenvalue weighted by Gasteiger charge is 2.56. The topological polar surface area (TPSA) is 67.4 Å². The van der Waals surface area contributed by atoms with E-state index >= 15 is 0 Å². The second kappa shape index (κ2) is 6.26.